The van der Waals surface area contributed by atoms with Gasteiger partial charge in [-0.15, -0.1) is 0 Å². The fourth-order valence-corrected chi connectivity index (χ4v) is 5.18. The van der Waals surface area contributed by atoms with Gasteiger partial charge in [-0.1, -0.05) is 12.8 Å². The highest BCUT2D eigenvalue weighted by Gasteiger charge is 2.41. The van der Waals surface area contributed by atoms with Crippen molar-refractivity contribution >= 4 is 5.91 Å². The van der Waals surface area contributed by atoms with Gasteiger partial charge in [-0.05, 0) is 63.7 Å². The van der Waals surface area contributed by atoms with Crippen LogP contribution < -0.4 is 5.32 Å². The van der Waals surface area contributed by atoms with Crippen molar-refractivity contribution in [1.29, 1.82) is 0 Å². The van der Waals surface area contributed by atoms with Gasteiger partial charge in [0.2, 0.25) is 5.91 Å². The van der Waals surface area contributed by atoms with Crippen LogP contribution in [-0.4, -0.2) is 48.7 Å². The molecule has 2 aliphatic heterocycles. The molecule has 2 saturated carbocycles. The Morgan fingerprint density at radius 3 is 2.54 bits per heavy atom. The van der Waals surface area contributed by atoms with E-state index >= 15 is 0 Å². The molecular formula is C20H34N2O2. The van der Waals surface area contributed by atoms with Crippen LogP contribution in [0.5, 0.6) is 0 Å². The Kier molecular flexibility index (Phi) is 5.14. The molecule has 1 N–H and O–H groups in total. The van der Waals surface area contributed by atoms with Crippen LogP contribution in [-0.2, 0) is 9.53 Å². The van der Waals surface area contributed by atoms with Crippen molar-refractivity contribution in [3.8, 4) is 0 Å². The first-order valence-corrected chi connectivity index (χ1v) is 10.4. The molecule has 136 valence electrons. The molecular weight excluding hydrogens is 300 g/mol. The van der Waals surface area contributed by atoms with Crippen molar-refractivity contribution in [2.45, 2.75) is 82.3 Å². The van der Waals surface area contributed by atoms with Gasteiger partial charge in [0.15, 0.2) is 0 Å². The highest BCUT2D eigenvalue weighted by molar-refractivity contribution is 5.80. The van der Waals surface area contributed by atoms with E-state index in [1.54, 1.807) is 0 Å². The van der Waals surface area contributed by atoms with Gasteiger partial charge in [0.1, 0.15) is 0 Å². The minimum absolute atomic E-state index is 0.151. The fraction of sp³-hybridized carbons (Fsp3) is 0.950. The van der Waals surface area contributed by atoms with Crippen molar-refractivity contribution in [1.82, 2.24) is 10.2 Å². The van der Waals surface area contributed by atoms with Gasteiger partial charge in [0.25, 0.3) is 0 Å². The summed E-state index contributed by atoms with van der Waals surface area (Å²) >= 11 is 0. The predicted molar refractivity (Wildman–Crippen MR) is 94.8 cm³/mol. The van der Waals surface area contributed by atoms with Gasteiger partial charge < -0.3 is 15.0 Å². The maximum atomic E-state index is 11.8. The summed E-state index contributed by atoms with van der Waals surface area (Å²) in [5.41, 5.74) is 0.151. The molecule has 2 aliphatic carbocycles. The van der Waals surface area contributed by atoms with Crippen molar-refractivity contribution < 1.29 is 9.53 Å². The Balaban J connectivity index is 1.21. The summed E-state index contributed by atoms with van der Waals surface area (Å²) in [5, 5.41) is 3.14. The molecule has 0 radical (unpaired) electrons. The van der Waals surface area contributed by atoms with Crippen LogP contribution in [0.4, 0.5) is 0 Å². The molecule has 0 aromatic carbocycles. The molecule has 2 saturated heterocycles. The SMILES string of the molecule is O=C(NCCC1CCOC2(CCN(C3CCCC3)CC2)C1)C1CC1. The topological polar surface area (TPSA) is 41.6 Å². The summed E-state index contributed by atoms with van der Waals surface area (Å²) in [6, 6.07) is 0.861. The number of piperidine rings is 1. The zero-order chi connectivity index (χ0) is 16.4. The average molecular weight is 335 g/mol. The van der Waals surface area contributed by atoms with Crippen molar-refractivity contribution in [2.75, 3.05) is 26.2 Å². The number of nitrogens with one attached hydrogen (secondary N) is 1. The van der Waals surface area contributed by atoms with Crippen molar-refractivity contribution in [3.05, 3.63) is 0 Å². The summed E-state index contributed by atoms with van der Waals surface area (Å²) < 4.78 is 6.31. The Morgan fingerprint density at radius 1 is 1.08 bits per heavy atom. The number of hydrogen-bond acceptors (Lipinski definition) is 3. The lowest BCUT2D eigenvalue weighted by molar-refractivity contribution is -0.131. The van der Waals surface area contributed by atoms with E-state index in [-0.39, 0.29) is 5.60 Å². The van der Waals surface area contributed by atoms with Crippen LogP contribution in [0, 0.1) is 11.8 Å². The summed E-state index contributed by atoms with van der Waals surface area (Å²) in [6.45, 7) is 4.25. The van der Waals surface area contributed by atoms with Crippen LogP contribution in [0.25, 0.3) is 0 Å². The van der Waals surface area contributed by atoms with Crippen LogP contribution in [0.2, 0.25) is 0 Å². The fourth-order valence-electron chi connectivity index (χ4n) is 5.18. The second-order valence-electron chi connectivity index (χ2n) is 8.72. The summed E-state index contributed by atoms with van der Waals surface area (Å²) in [7, 11) is 0. The van der Waals surface area contributed by atoms with Crippen LogP contribution >= 0.6 is 0 Å². The number of ether oxygens (including phenoxy) is 1. The highest BCUT2D eigenvalue weighted by Crippen LogP contribution is 2.40. The molecule has 1 atom stereocenters. The molecule has 4 nitrogen and oxygen atoms in total. The standard InChI is InChI=1S/C20H34N2O2/c23-19(17-5-6-17)21-11-7-16-8-14-24-20(15-16)9-12-22(13-10-20)18-3-1-2-4-18/h16-18H,1-15H2,(H,21,23). The molecule has 1 unspecified atom stereocenters. The normalized spacial score (nSPS) is 31.4. The Bertz CT molecular complexity index is 435. The number of carbonyl (C=O) groups excluding carboxylic acids is 1. The molecule has 1 spiro atoms. The summed E-state index contributed by atoms with van der Waals surface area (Å²) in [5.74, 6) is 1.36. The van der Waals surface area contributed by atoms with E-state index in [9.17, 15) is 4.79 Å². The molecule has 1 amide bonds. The number of carbonyl (C=O) groups is 1. The number of rotatable bonds is 5. The van der Waals surface area contributed by atoms with Crippen LogP contribution in [0.3, 0.4) is 0 Å². The maximum Gasteiger partial charge on any atom is 0.223 e. The molecule has 2 heterocycles. The van der Waals surface area contributed by atoms with Gasteiger partial charge in [0, 0.05) is 38.2 Å². The zero-order valence-electron chi connectivity index (χ0n) is 15.1. The van der Waals surface area contributed by atoms with Gasteiger partial charge >= 0.3 is 0 Å². The first-order chi connectivity index (χ1) is 11.7. The minimum atomic E-state index is 0.151. The molecule has 0 bridgehead atoms. The third kappa shape index (κ3) is 3.96. The van der Waals surface area contributed by atoms with Gasteiger partial charge in [0.05, 0.1) is 5.60 Å². The van der Waals surface area contributed by atoms with Crippen molar-refractivity contribution in [3.63, 3.8) is 0 Å². The van der Waals surface area contributed by atoms with Gasteiger partial charge in [-0.2, -0.15) is 0 Å². The van der Waals surface area contributed by atoms with Gasteiger partial charge in [-0.3, -0.25) is 4.79 Å². The maximum absolute atomic E-state index is 11.8. The highest BCUT2D eigenvalue weighted by atomic mass is 16.5. The van der Waals surface area contributed by atoms with Crippen LogP contribution in [0.15, 0.2) is 0 Å². The Labute approximate surface area is 146 Å². The number of amides is 1. The van der Waals surface area contributed by atoms with Crippen molar-refractivity contribution in [2.24, 2.45) is 11.8 Å². The number of likely N-dealkylation sites (tertiary alicyclic amines) is 1. The quantitative estimate of drug-likeness (QED) is 0.840. The van der Waals surface area contributed by atoms with Gasteiger partial charge in [-0.25, -0.2) is 0 Å². The average Bonchev–Trinajstić information content (AvgIpc) is 3.31. The summed E-state index contributed by atoms with van der Waals surface area (Å²) in [6.07, 6.45) is 13.8. The molecule has 4 fully saturated rings. The van der Waals surface area contributed by atoms with E-state index in [1.165, 1.54) is 64.5 Å². The molecule has 4 rings (SSSR count). The predicted octanol–water partition coefficient (Wildman–Crippen LogP) is 3.11. The molecule has 0 aromatic rings. The zero-order valence-corrected chi connectivity index (χ0v) is 15.1. The lowest BCUT2D eigenvalue weighted by Crippen LogP contribution is -2.51. The second-order valence-corrected chi connectivity index (χ2v) is 8.72. The van der Waals surface area contributed by atoms with E-state index in [4.69, 9.17) is 4.74 Å². The molecule has 0 aromatic heterocycles. The number of nitrogens with zero attached hydrogens (tertiary/aromatic N) is 1. The second kappa shape index (κ2) is 7.33. The summed E-state index contributed by atoms with van der Waals surface area (Å²) in [4.78, 5) is 14.5. The minimum Gasteiger partial charge on any atom is -0.375 e. The molecule has 4 heteroatoms. The first-order valence-electron chi connectivity index (χ1n) is 10.4. The molecule has 4 aliphatic rings. The van der Waals surface area contributed by atoms with E-state index in [0.29, 0.717) is 11.8 Å². The Morgan fingerprint density at radius 2 is 1.83 bits per heavy atom. The largest absolute Gasteiger partial charge is 0.375 e. The smallest absolute Gasteiger partial charge is 0.223 e. The monoisotopic (exact) mass is 334 g/mol. The van der Waals surface area contributed by atoms with E-state index in [2.05, 4.69) is 10.2 Å². The lowest BCUT2D eigenvalue weighted by Gasteiger charge is -2.47. The third-order valence-electron chi connectivity index (χ3n) is 6.95. The van der Waals surface area contributed by atoms with Crippen LogP contribution in [0.1, 0.15) is 70.6 Å². The van der Waals surface area contributed by atoms with E-state index < -0.39 is 0 Å². The third-order valence-corrected chi connectivity index (χ3v) is 6.95. The first kappa shape index (κ1) is 16.8. The number of hydrogen-bond donors (Lipinski definition) is 1. The Hall–Kier alpha value is -0.610. The molecule has 24 heavy (non-hydrogen) atoms. The van der Waals surface area contributed by atoms with E-state index in [1.807, 2.05) is 0 Å². The lowest BCUT2D eigenvalue weighted by atomic mass is 9.78. The van der Waals surface area contributed by atoms with E-state index in [0.717, 1.165) is 44.4 Å².